The van der Waals surface area contributed by atoms with Crippen molar-refractivity contribution in [1.82, 2.24) is 14.4 Å². The van der Waals surface area contributed by atoms with E-state index in [1.54, 1.807) is 39.0 Å². The number of thiophene rings is 1. The molecule has 3 heterocycles. The molecule has 0 spiro atoms. The van der Waals surface area contributed by atoms with Crippen molar-refractivity contribution >= 4 is 33.0 Å². The van der Waals surface area contributed by atoms with Gasteiger partial charge in [-0.15, -0.1) is 11.3 Å². The normalized spacial score (nSPS) is 17.4. The van der Waals surface area contributed by atoms with E-state index in [9.17, 15) is 17.6 Å². The molecule has 1 atom stereocenters. The summed E-state index contributed by atoms with van der Waals surface area (Å²) in [6, 6.07) is 6.03. The monoisotopic (exact) mass is 478 g/mol. The molecule has 32 heavy (non-hydrogen) atoms. The van der Waals surface area contributed by atoms with Gasteiger partial charge in [-0.1, -0.05) is 11.2 Å². The Morgan fingerprint density at radius 3 is 2.75 bits per heavy atom. The van der Waals surface area contributed by atoms with Gasteiger partial charge in [-0.3, -0.25) is 4.79 Å². The minimum atomic E-state index is -3.81. The molecule has 1 amide bonds. The van der Waals surface area contributed by atoms with Crippen LogP contribution in [0.2, 0.25) is 0 Å². The molecule has 1 saturated heterocycles. The summed E-state index contributed by atoms with van der Waals surface area (Å²) in [6.45, 7) is 5.43. The van der Waals surface area contributed by atoms with Gasteiger partial charge in [0.05, 0.1) is 15.7 Å². The third-order valence-corrected chi connectivity index (χ3v) is 8.60. The lowest BCUT2D eigenvalue weighted by Gasteiger charge is -2.31. The Morgan fingerprint density at radius 1 is 1.28 bits per heavy atom. The first-order chi connectivity index (χ1) is 15.1. The number of rotatable bonds is 5. The Kier molecular flexibility index (Phi) is 6.15. The number of hydrogen-bond donors (Lipinski definition) is 1. The first kappa shape index (κ1) is 22.6. The predicted octanol–water partition coefficient (Wildman–Crippen LogP) is 3.90. The fraction of sp³-hybridized carbons (Fsp3) is 0.381. The van der Waals surface area contributed by atoms with Crippen LogP contribution in [-0.2, 0) is 14.8 Å². The molecule has 8 nitrogen and oxygen atoms in total. The van der Waals surface area contributed by atoms with Gasteiger partial charge >= 0.3 is 0 Å². The zero-order valence-electron chi connectivity index (χ0n) is 17.9. The summed E-state index contributed by atoms with van der Waals surface area (Å²) in [5.41, 5.74) is 0.839. The van der Waals surface area contributed by atoms with E-state index in [1.807, 2.05) is 0 Å². The van der Waals surface area contributed by atoms with Gasteiger partial charge in [-0.25, -0.2) is 12.8 Å². The number of hydrogen-bond acceptors (Lipinski definition) is 7. The maximum Gasteiger partial charge on any atom is 0.244 e. The molecule has 3 aromatic rings. The Morgan fingerprint density at radius 2 is 2.06 bits per heavy atom. The number of aryl methyl sites for hydroxylation is 3. The molecule has 1 aliphatic heterocycles. The van der Waals surface area contributed by atoms with Gasteiger partial charge in [-0.2, -0.15) is 9.29 Å². The van der Waals surface area contributed by atoms with Crippen molar-refractivity contribution in [2.24, 2.45) is 5.92 Å². The highest BCUT2D eigenvalue weighted by Gasteiger charge is 2.35. The zero-order chi connectivity index (χ0) is 23.0. The number of piperidine rings is 1. The van der Waals surface area contributed by atoms with Crippen LogP contribution in [0.25, 0.3) is 10.7 Å². The van der Waals surface area contributed by atoms with Crippen LogP contribution in [0.4, 0.5) is 10.1 Å². The average Bonchev–Trinajstić information content (AvgIpc) is 3.36. The van der Waals surface area contributed by atoms with Crippen molar-refractivity contribution < 1.29 is 22.1 Å². The number of benzene rings is 1. The summed E-state index contributed by atoms with van der Waals surface area (Å²) in [4.78, 5) is 18.3. The lowest BCUT2D eigenvalue weighted by atomic mass is 9.98. The Balaban J connectivity index is 1.51. The minimum absolute atomic E-state index is 0.0639. The van der Waals surface area contributed by atoms with E-state index in [2.05, 4.69) is 15.5 Å². The van der Waals surface area contributed by atoms with E-state index in [0.29, 0.717) is 52.1 Å². The molecular formula is C21H23FN4O4S2. The van der Waals surface area contributed by atoms with Crippen molar-refractivity contribution in [3.63, 3.8) is 0 Å². The number of nitrogens with one attached hydrogen (secondary N) is 1. The fourth-order valence-corrected chi connectivity index (χ4v) is 6.67. The summed E-state index contributed by atoms with van der Waals surface area (Å²) in [5.74, 6) is -0.512. The van der Waals surface area contributed by atoms with Crippen molar-refractivity contribution in [3.8, 4) is 10.7 Å². The SMILES string of the molecule is Cc1nc(-c2cc(S(=O)(=O)N3CCC[C@H](C(=O)Nc4ccc(C)c(F)c4)C3)c(C)s2)no1. The van der Waals surface area contributed by atoms with Crippen LogP contribution < -0.4 is 5.32 Å². The smallest absolute Gasteiger partial charge is 0.244 e. The summed E-state index contributed by atoms with van der Waals surface area (Å²) >= 11 is 1.28. The largest absolute Gasteiger partial charge is 0.339 e. The van der Waals surface area contributed by atoms with E-state index in [4.69, 9.17) is 4.52 Å². The van der Waals surface area contributed by atoms with E-state index in [0.717, 1.165) is 0 Å². The summed E-state index contributed by atoms with van der Waals surface area (Å²) < 4.78 is 46.8. The highest BCUT2D eigenvalue weighted by molar-refractivity contribution is 7.89. The summed E-state index contributed by atoms with van der Waals surface area (Å²) in [5, 5.41) is 6.56. The number of sulfonamides is 1. The third-order valence-electron chi connectivity index (χ3n) is 5.43. The van der Waals surface area contributed by atoms with Crippen molar-refractivity contribution in [2.45, 2.75) is 38.5 Å². The summed E-state index contributed by atoms with van der Waals surface area (Å²) in [7, 11) is -3.81. The maximum absolute atomic E-state index is 13.8. The van der Waals surface area contributed by atoms with Gasteiger partial charge in [0, 0.05) is 30.6 Å². The van der Waals surface area contributed by atoms with Crippen LogP contribution in [0.1, 0.15) is 29.2 Å². The molecule has 1 aliphatic rings. The van der Waals surface area contributed by atoms with E-state index in [-0.39, 0.29) is 17.3 Å². The second-order valence-electron chi connectivity index (χ2n) is 7.82. The van der Waals surface area contributed by atoms with Crippen LogP contribution in [0.5, 0.6) is 0 Å². The topological polar surface area (TPSA) is 105 Å². The Hall–Kier alpha value is -2.63. The number of amides is 1. The molecule has 1 aromatic carbocycles. The molecular weight excluding hydrogens is 455 g/mol. The highest BCUT2D eigenvalue weighted by Crippen LogP contribution is 2.35. The highest BCUT2D eigenvalue weighted by atomic mass is 32.2. The molecule has 4 rings (SSSR count). The lowest BCUT2D eigenvalue weighted by molar-refractivity contribution is -0.120. The second kappa shape index (κ2) is 8.72. The van der Waals surface area contributed by atoms with Gasteiger partial charge in [0.2, 0.25) is 27.6 Å². The molecule has 1 fully saturated rings. The van der Waals surface area contributed by atoms with E-state index >= 15 is 0 Å². The molecule has 0 saturated carbocycles. The third kappa shape index (κ3) is 4.45. The van der Waals surface area contributed by atoms with Crippen molar-refractivity contribution in [2.75, 3.05) is 18.4 Å². The molecule has 170 valence electrons. The molecule has 1 N–H and O–H groups in total. The predicted molar refractivity (Wildman–Crippen MR) is 118 cm³/mol. The number of carbonyl (C=O) groups excluding carboxylic acids is 1. The Bertz CT molecular complexity index is 1270. The lowest BCUT2D eigenvalue weighted by Crippen LogP contribution is -2.43. The molecule has 2 aromatic heterocycles. The van der Waals surface area contributed by atoms with E-state index < -0.39 is 21.8 Å². The quantitative estimate of drug-likeness (QED) is 0.596. The molecule has 0 aliphatic carbocycles. The molecule has 11 heteroatoms. The maximum atomic E-state index is 13.8. The van der Waals surface area contributed by atoms with Gasteiger partial charge < -0.3 is 9.84 Å². The molecule has 0 radical (unpaired) electrons. The van der Waals surface area contributed by atoms with Gasteiger partial charge in [-0.05, 0) is 50.5 Å². The number of carbonyl (C=O) groups is 1. The minimum Gasteiger partial charge on any atom is -0.339 e. The second-order valence-corrected chi connectivity index (χ2v) is 11.0. The average molecular weight is 479 g/mol. The number of anilines is 1. The number of aromatic nitrogens is 2. The van der Waals surface area contributed by atoms with Crippen LogP contribution >= 0.6 is 11.3 Å². The van der Waals surface area contributed by atoms with Gasteiger partial charge in [0.1, 0.15) is 5.82 Å². The van der Waals surface area contributed by atoms with Crippen molar-refractivity contribution in [1.29, 1.82) is 0 Å². The first-order valence-corrected chi connectivity index (χ1v) is 12.4. The number of halogens is 1. The van der Waals surface area contributed by atoms with Gasteiger partial charge in [0.15, 0.2) is 0 Å². The van der Waals surface area contributed by atoms with Crippen LogP contribution in [0.15, 0.2) is 33.7 Å². The van der Waals surface area contributed by atoms with Crippen LogP contribution in [0, 0.1) is 32.5 Å². The van der Waals surface area contributed by atoms with Crippen LogP contribution in [0.3, 0.4) is 0 Å². The first-order valence-electron chi connectivity index (χ1n) is 10.1. The van der Waals surface area contributed by atoms with Gasteiger partial charge in [0.25, 0.3) is 0 Å². The van der Waals surface area contributed by atoms with Crippen LogP contribution in [-0.4, -0.2) is 41.9 Å². The Labute approximate surface area is 189 Å². The molecule has 0 unspecified atom stereocenters. The standard InChI is InChI=1S/C21H23FN4O4S2/c1-12-6-7-16(9-17(12)22)24-21(27)15-5-4-8-26(11-15)32(28,29)19-10-18(31-13(19)2)20-23-14(3)30-25-20/h6-7,9-10,15H,4-5,8,11H2,1-3H3,(H,24,27)/t15-/m0/s1. The number of nitrogens with zero attached hydrogens (tertiary/aromatic N) is 3. The van der Waals surface area contributed by atoms with E-state index in [1.165, 1.54) is 21.7 Å². The fourth-order valence-electron chi connectivity index (χ4n) is 3.66. The van der Waals surface area contributed by atoms with Crippen molar-refractivity contribution in [3.05, 3.63) is 46.4 Å². The zero-order valence-corrected chi connectivity index (χ0v) is 19.5. The molecule has 0 bridgehead atoms. The summed E-state index contributed by atoms with van der Waals surface area (Å²) in [6.07, 6.45) is 1.11.